The molecule has 2 amide bonds. The Labute approximate surface area is 208 Å². The number of hydrogen-bond acceptors (Lipinski definition) is 3. The van der Waals surface area contributed by atoms with Gasteiger partial charge in [0.1, 0.15) is 24.0 Å². The van der Waals surface area contributed by atoms with Crippen molar-refractivity contribution in [2.45, 2.75) is 13.8 Å². The van der Waals surface area contributed by atoms with Crippen LogP contribution in [0.2, 0.25) is 0 Å². The summed E-state index contributed by atoms with van der Waals surface area (Å²) >= 11 is 0. The topological polar surface area (TPSA) is 67.2 Å². The maximum atomic E-state index is 13.5. The quantitative estimate of drug-likeness (QED) is 0.353. The predicted octanol–water partition coefficient (Wildman–Crippen LogP) is 5.55. The molecular weight excluding hydrogens is 462 g/mol. The van der Waals surface area contributed by atoms with Crippen LogP contribution < -0.4 is 5.32 Å². The van der Waals surface area contributed by atoms with Crippen LogP contribution in [0.4, 0.5) is 14.6 Å². The molecule has 3 aromatic carbocycles. The molecule has 8 heteroatoms. The Morgan fingerprint density at radius 2 is 1.53 bits per heavy atom. The predicted molar refractivity (Wildman–Crippen MR) is 135 cm³/mol. The van der Waals surface area contributed by atoms with E-state index in [4.69, 9.17) is 0 Å². The van der Waals surface area contributed by atoms with Crippen molar-refractivity contribution in [1.29, 1.82) is 0 Å². The molecule has 1 heterocycles. The average molecular weight is 489 g/mol. The number of carbonyl (C=O) groups excluding carboxylic acids is 2. The van der Waals surface area contributed by atoms with E-state index in [2.05, 4.69) is 10.4 Å². The standard InChI is InChI=1S/C28H26F2N4O2/c1-19(2)17-33(28(36)21-8-10-22(29)11-9-21)18-27(35)31-26-16-25(20-6-4-3-5-7-20)32-34(26)24-14-12-23(30)13-15-24/h3-16,19H,17-18H2,1-2H3,(H,31,35). The van der Waals surface area contributed by atoms with Gasteiger partial charge >= 0.3 is 0 Å². The van der Waals surface area contributed by atoms with Crippen LogP contribution in [0.1, 0.15) is 24.2 Å². The highest BCUT2D eigenvalue weighted by atomic mass is 19.1. The Balaban J connectivity index is 1.60. The molecule has 184 valence electrons. The maximum Gasteiger partial charge on any atom is 0.254 e. The Morgan fingerprint density at radius 1 is 0.917 bits per heavy atom. The summed E-state index contributed by atoms with van der Waals surface area (Å²) in [5, 5.41) is 7.46. The van der Waals surface area contributed by atoms with Crippen molar-refractivity contribution >= 4 is 17.6 Å². The minimum atomic E-state index is -0.442. The fraction of sp³-hybridized carbons (Fsp3) is 0.179. The summed E-state index contributed by atoms with van der Waals surface area (Å²) < 4.78 is 28.4. The molecule has 4 aromatic rings. The van der Waals surface area contributed by atoms with Crippen LogP contribution in [0.5, 0.6) is 0 Å². The number of hydrogen-bond donors (Lipinski definition) is 1. The van der Waals surface area contributed by atoms with Gasteiger partial charge in [-0.3, -0.25) is 9.59 Å². The van der Waals surface area contributed by atoms with Crippen molar-refractivity contribution in [1.82, 2.24) is 14.7 Å². The molecule has 4 rings (SSSR count). The number of nitrogens with one attached hydrogen (secondary N) is 1. The number of benzene rings is 3. The molecule has 36 heavy (non-hydrogen) atoms. The van der Waals surface area contributed by atoms with Crippen LogP contribution in [0.15, 0.2) is 84.9 Å². The number of rotatable bonds is 8. The van der Waals surface area contributed by atoms with Crippen molar-refractivity contribution in [3.8, 4) is 16.9 Å². The minimum Gasteiger partial charge on any atom is -0.329 e. The molecule has 0 spiro atoms. The van der Waals surface area contributed by atoms with Gasteiger partial charge in [0, 0.05) is 23.7 Å². The van der Waals surface area contributed by atoms with Gasteiger partial charge in [-0.05, 0) is 54.4 Å². The summed E-state index contributed by atoms with van der Waals surface area (Å²) in [5.74, 6) is -1.13. The fourth-order valence-corrected chi connectivity index (χ4v) is 3.79. The van der Waals surface area contributed by atoms with E-state index < -0.39 is 11.7 Å². The van der Waals surface area contributed by atoms with E-state index in [-0.39, 0.29) is 24.2 Å². The third-order valence-corrected chi connectivity index (χ3v) is 5.42. The van der Waals surface area contributed by atoms with E-state index in [9.17, 15) is 18.4 Å². The van der Waals surface area contributed by atoms with Crippen molar-refractivity contribution in [2.24, 2.45) is 5.92 Å². The number of aromatic nitrogens is 2. The van der Waals surface area contributed by atoms with E-state index in [0.717, 1.165) is 5.56 Å². The zero-order valence-electron chi connectivity index (χ0n) is 20.0. The molecule has 0 aliphatic rings. The van der Waals surface area contributed by atoms with Crippen molar-refractivity contribution in [3.63, 3.8) is 0 Å². The third-order valence-electron chi connectivity index (χ3n) is 5.42. The first-order chi connectivity index (χ1) is 17.3. The van der Waals surface area contributed by atoms with Crippen LogP contribution >= 0.6 is 0 Å². The van der Waals surface area contributed by atoms with Gasteiger partial charge in [-0.25, -0.2) is 13.5 Å². The van der Waals surface area contributed by atoms with E-state index in [1.54, 1.807) is 18.2 Å². The zero-order chi connectivity index (χ0) is 25.7. The van der Waals surface area contributed by atoms with E-state index in [1.165, 1.54) is 46.0 Å². The molecule has 0 atom stereocenters. The average Bonchev–Trinajstić information content (AvgIpc) is 3.28. The number of anilines is 1. The Kier molecular flexibility index (Phi) is 7.53. The third kappa shape index (κ3) is 6.02. The summed E-state index contributed by atoms with van der Waals surface area (Å²) in [6.45, 7) is 4.02. The van der Waals surface area contributed by atoms with Gasteiger partial charge in [0.05, 0.1) is 11.4 Å². The molecule has 0 aliphatic carbocycles. The van der Waals surface area contributed by atoms with Crippen LogP contribution in [0.25, 0.3) is 16.9 Å². The number of carbonyl (C=O) groups is 2. The van der Waals surface area contributed by atoms with Gasteiger partial charge in [-0.15, -0.1) is 0 Å². The van der Waals surface area contributed by atoms with Gasteiger partial charge in [0.2, 0.25) is 5.91 Å². The smallest absolute Gasteiger partial charge is 0.254 e. The fourth-order valence-electron chi connectivity index (χ4n) is 3.79. The van der Waals surface area contributed by atoms with Crippen molar-refractivity contribution < 1.29 is 18.4 Å². The highest BCUT2D eigenvalue weighted by Gasteiger charge is 2.21. The lowest BCUT2D eigenvalue weighted by Gasteiger charge is -2.24. The van der Waals surface area contributed by atoms with Gasteiger partial charge in [-0.2, -0.15) is 5.10 Å². The van der Waals surface area contributed by atoms with Crippen LogP contribution in [-0.4, -0.2) is 39.6 Å². The second-order valence-corrected chi connectivity index (χ2v) is 8.80. The minimum absolute atomic E-state index is 0.108. The first kappa shape index (κ1) is 24.8. The second-order valence-electron chi connectivity index (χ2n) is 8.80. The molecule has 0 bridgehead atoms. The molecule has 0 fully saturated rings. The lowest BCUT2D eigenvalue weighted by atomic mass is 10.1. The van der Waals surface area contributed by atoms with E-state index in [0.29, 0.717) is 29.3 Å². The summed E-state index contributed by atoms with van der Waals surface area (Å²) in [4.78, 5) is 27.6. The molecular formula is C28H26F2N4O2. The number of halogens is 2. The normalized spacial score (nSPS) is 10.9. The van der Waals surface area contributed by atoms with Gasteiger partial charge in [0.15, 0.2) is 0 Å². The first-order valence-electron chi connectivity index (χ1n) is 11.6. The summed E-state index contributed by atoms with van der Waals surface area (Å²) in [6, 6.07) is 22.2. The van der Waals surface area contributed by atoms with Crippen molar-refractivity contribution in [3.05, 3.63) is 102 Å². The zero-order valence-corrected chi connectivity index (χ0v) is 20.0. The first-order valence-corrected chi connectivity index (χ1v) is 11.6. The van der Waals surface area contributed by atoms with Gasteiger partial charge in [0.25, 0.3) is 5.91 Å². The molecule has 1 aromatic heterocycles. The van der Waals surface area contributed by atoms with Crippen LogP contribution in [-0.2, 0) is 4.79 Å². The molecule has 0 radical (unpaired) electrons. The molecule has 6 nitrogen and oxygen atoms in total. The highest BCUT2D eigenvalue weighted by Crippen LogP contribution is 2.25. The summed E-state index contributed by atoms with van der Waals surface area (Å²) in [5.41, 5.74) is 2.33. The second kappa shape index (κ2) is 10.9. The van der Waals surface area contributed by atoms with Crippen molar-refractivity contribution in [2.75, 3.05) is 18.4 Å². The number of amides is 2. The monoisotopic (exact) mass is 488 g/mol. The maximum absolute atomic E-state index is 13.5. The lowest BCUT2D eigenvalue weighted by molar-refractivity contribution is -0.117. The van der Waals surface area contributed by atoms with Crippen LogP contribution in [0, 0.1) is 17.6 Å². The summed E-state index contributed by atoms with van der Waals surface area (Å²) in [6.07, 6.45) is 0. The largest absolute Gasteiger partial charge is 0.329 e. The molecule has 1 N–H and O–H groups in total. The molecule has 0 saturated carbocycles. The Bertz CT molecular complexity index is 1330. The molecule has 0 aliphatic heterocycles. The number of nitrogens with zero attached hydrogens (tertiary/aromatic N) is 3. The lowest BCUT2D eigenvalue weighted by Crippen LogP contribution is -2.40. The van der Waals surface area contributed by atoms with Gasteiger partial charge < -0.3 is 10.2 Å². The van der Waals surface area contributed by atoms with E-state index in [1.807, 2.05) is 44.2 Å². The Hall–Kier alpha value is -4.33. The van der Waals surface area contributed by atoms with E-state index >= 15 is 0 Å². The molecule has 0 unspecified atom stereocenters. The Morgan fingerprint density at radius 3 is 2.14 bits per heavy atom. The van der Waals surface area contributed by atoms with Crippen LogP contribution in [0.3, 0.4) is 0 Å². The molecule has 0 saturated heterocycles. The highest BCUT2D eigenvalue weighted by molar-refractivity contribution is 5.99. The summed E-state index contributed by atoms with van der Waals surface area (Å²) in [7, 11) is 0. The SMILES string of the molecule is CC(C)CN(CC(=O)Nc1cc(-c2ccccc2)nn1-c1ccc(F)cc1)C(=O)c1ccc(F)cc1. The van der Waals surface area contributed by atoms with Gasteiger partial charge in [-0.1, -0.05) is 44.2 Å².